The summed E-state index contributed by atoms with van der Waals surface area (Å²) in [5.74, 6) is 0. The van der Waals surface area contributed by atoms with Crippen LogP contribution in [0.15, 0.2) is 18.5 Å². The molecule has 0 radical (unpaired) electrons. The van der Waals surface area contributed by atoms with Crippen molar-refractivity contribution in [3.8, 4) is 6.07 Å². The topological polar surface area (TPSA) is 55.1 Å². The van der Waals surface area contributed by atoms with Gasteiger partial charge in [0.05, 0.1) is 22.7 Å². The first-order valence-corrected chi connectivity index (χ1v) is 8.08. The van der Waals surface area contributed by atoms with E-state index in [0.717, 1.165) is 36.7 Å². The van der Waals surface area contributed by atoms with Gasteiger partial charge in [-0.1, -0.05) is 19.4 Å². The lowest BCUT2D eigenvalue weighted by molar-refractivity contribution is -0.0159. The molecule has 0 aromatic carbocycles. The molecule has 2 heterocycles. The van der Waals surface area contributed by atoms with Crippen LogP contribution in [0.3, 0.4) is 0 Å². The Balaban J connectivity index is 1.87. The summed E-state index contributed by atoms with van der Waals surface area (Å²) in [7, 11) is -0.409. The smallest absolute Gasteiger partial charge is 0.399 e. The van der Waals surface area contributed by atoms with E-state index < -0.39 is 7.12 Å². The van der Waals surface area contributed by atoms with Gasteiger partial charge in [-0.3, -0.25) is 4.98 Å². The van der Waals surface area contributed by atoms with Crippen molar-refractivity contribution in [2.75, 3.05) is 0 Å². The van der Waals surface area contributed by atoms with Gasteiger partial charge in [0.15, 0.2) is 0 Å². The summed E-state index contributed by atoms with van der Waals surface area (Å²) in [6.07, 6.45) is 7.41. The van der Waals surface area contributed by atoms with Crippen LogP contribution in [0.4, 0.5) is 0 Å². The van der Waals surface area contributed by atoms with Crippen LogP contribution >= 0.6 is 0 Å². The Kier molecular flexibility index (Phi) is 3.58. The van der Waals surface area contributed by atoms with Crippen molar-refractivity contribution >= 4 is 12.6 Å². The molecule has 1 unspecified atom stereocenters. The molecule has 0 amide bonds. The highest BCUT2D eigenvalue weighted by Gasteiger charge is 2.54. The second-order valence-corrected chi connectivity index (χ2v) is 7.26. The van der Waals surface area contributed by atoms with E-state index >= 15 is 0 Å². The molecule has 1 aromatic heterocycles. The number of rotatable bonds is 4. The minimum Gasteiger partial charge on any atom is -0.399 e. The third kappa shape index (κ3) is 2.35. The van der Waals surface area contributed by atoms with E-state index in [1.54, 1.807) is 12.4 Å². The fraction of sp³-hybridized carbons (Fsp3) is 0.647. The highest BCUT2D eigenvalue weighted by molar-refractivity contribution is 6.62. The van der Waals surface area contributed by atoms with Gasteiger partial charge in [-0.05, 0) is 45.6 Å². The van der Waals surface area contributed by atoms with Gasteiger partial charge in [0.25, 0.3) is 0 Å². The van der Waals surface area contributed by atoms with Gasteiger partial charge in [-0.25, -0.2) is 0 Å². The lowest BCUT2D eigenvalue weighted by atomic mass is 9.78. The number of hydrogen-bond acceptors (Lipinski definition) is 4. The Hall–Kier alpha value is -1.38. The summed E-state index contributed by atoms with van der Waals surface area (Å²) in [5, 5.41) is 9.36. The van der Waals surface area contributed by atoms with E-state index in [2.05, 4.69) is 38.7 Å². The second-order valence-electron chi connectivity index (χ2n) is 7.26. The highest BCUT2D eigenvalue weighted by Crippen LogP contribution is 2.47. The molecular weight excluding hydrogens is 275 g/mol. The lowest BCUT2D eigenvalue weighted by Crippen LogP contribution is -2.44. The zero-order valence-corrected chi connectivity index (χ0v) is 13.8. The molecule has 2 aliphatic rings. The van der Waals surface area contributed by atoms with Crippen molar-refractivity contribution < 1.29 is 9.31 Å². The average molecular weight is 298 g/mol. The molecule has 3 rings (SSSR count). The van der Waals surface area contributed by atoms with Crippen LogP contribution in [0.25, 0.3) is 0 Å². The van der Waals surface area contributed by atoms with E-state index in [1.165, 1.54) is 0 Å². The number of nitriles is 1. The van der Waals surface area contributed by atoms with E-state index in [-0.39, 0.29) is 16.6 Å². The summed E-state index contributed by atoms with van der Waals surface area (Å²) >= 11 is 0. The van der Waals surface area contributed by atoms with Crippen molar-refractivity contribution in [3.63, 3.8) is 0 Å². The molecule has 1 aliphatic heterocycles. The maximum absolute atomic E-state index is 9.36. The predicted octanol–water partition coefficient (Wildman–Crippen LogP) is 2.72. The molecule has 1 aliphatic carbocycles. The molecule has 1 saturated carbocycles. The number of pyridine rings is 1. The molecule has 22 heavy (non-hydrogen) atoms. The Bertz CT molecular complexity index is 621. The quantitative estimate of drug-likeness (QED) is 0.802. The first-order chi connectivity index (χ1) is 10.4. The van der Waals surface area contributed by atoms with E-state index in [1.807, 2.05) is 6.07 Å². The van der Waals surface area contributed by atoms with Crippen LogP contribution in [0.5, 0.6) is 0 Å². The van der Waals surface area contributed by atoms with Crippen molar-refractivity contribution in [2.24, 2.45) is 0 Å². The van der Waals surface area contributed by atoms with Gasteiger partial charge in [-0.2, -0.15) is 5.26 Å². The van der Waals surface area contributed by atoms with Crippen LogP contribution in [0, 0.1) is 11.3 Å². The zero-order valence-electron chi connectivity index (χ0n) is 13.8. The van der Waals surface area contributed by atoms with Gasteiger partial charge in [-0.15, -0.1) is 0 Å². The van der Waals surface area contributed by atoms with Crippen LogP contribution in [0.2, 0.25) is 0 Å². The SMILES string of the molecule is CCCC1(C)OB(c2cncc(C3(C#N)CC3)c2)OC1(C)C. The number of aromatic nitrogens is 1. The second kappa shape index (κ2) is 5.08. The molecule has 0 N–H and O–H groups in total. The maximum atomic E-state index is 9.36. The minimum atomic E-state index is -0.409. The molecule has 5 heteroatoms. The Morgan fingerprint density at radius 3 is 2.59 bits per heavy atom. The van der Waals surface area contributed by atoms with Gasteiger partial charge in [0, 0.05) is 17.9 Å². The molecular formula is C17H23BN2O2. The third-order valence-electron chi connectivity index (χ3n) is 5.32. The highest BCUT2D eigenvalue weighted by atomic mass is 16.7. The van der Waals surface area contributed by atoms with Crippen molar-refractivity contribution in [1.29, 1.82) is 5.26 Å². The first kappa shape index (κ1) is 15.5. The molecule has 1 saturated heterocycles. The Labute approximate surface area is 133 Å². The molecule has 1 atom stereocenters. The summed E-state index contributed by atoms with van der Waals surface area (Å²) in [6.45, 7) is 8.44. The van der Waals surface area contributed by atoms with Crippen molar-refractivity contribution in [1.82, 2.24) is 4.98 Å². The standard InChI is InChI=1S/C17H23BN2O2/c1-5-6-16(4)15(2,3)21-18(22-16)14-9-13(10-20-11-14)17(12-19)7-8-17/h9-11H,5-8H2,1-4H3. The molecule has 0 spiro atoms. The van der Waals surface area contributed by atoms with Gasteiger partial charge >= 0.3 is 7.12 Å². The fourth-order valence-corrected chi connectivity index (χ4v) is 3.21. The van der Waals surface area contributed by atoms with E-state index in [4.69, 9.17) is 9.31 Å². The van der Waals surface area contributed by atoms with Gasteiger partial charge in [0.2, 0.25) is 0 Å². The summed E-state index contributed by atoms with van der Waals surface area (Å²) < 4.78 is 12.4. The molecule has 1 aromatic rings. The summed E-state index contributed by atoms with van der Waals surface area (Å²) in [6, 6.07) is 4.45. The first-order valence-electron chi connectivity index (χ1n) is 8.08. The van der Waals surface area contributed by atoms with Crippen LogP contribution in [0.1, 0.15) is 58.9 Å². The largest absolute Gasteiger partial charge is 0.496 e. The number of hydrogen-bond donors (Lipinski definition) is 0. The zero-order chi connectivity index (χ0) is 16.0. The Morgan fingerprint density at radius 2 is 2.00 bits per heavy atom. The minimum absolute atomic E-state index is 0.311. The van der Waals surface area contributed by atoms with Crippen LogP contribution in [-0.2, 0) is 14.7 Å². The van der Waals surface area contributed by atoms with Crippen LogP contribution in [-0.4, -0.2) is 23.3 Å². The fourth-order valence-electron chi connectivity index (χ4n) is 3.21. The lowest BCUT2D eigenvalue weighted by Gasteiger charge is -2.36. The van der Waals surface area contributed by atoms with Gasteiger partial charge in [0.1, 0.15) is 0 Å². The normalized spacial score (nSPS) is 28.4. The third-order valence-corrected chi connectivity index (χ3v) is 5.32. The van der Waals surface area contributed by atoms with Crippen molar-refractivity contribution in [3.05, 3.63) is 24.0 Å². The monoisotopic (exact) mass is 298 g/mol. The van der Waals surface area contributed by atoms with Crippen LogP contribution < -0.4 is 5.46 Å². The predicted molar refractivity (Wildman–Crippen MR) is 85.7 cm³/mol. The van der Waals surface area contributed by atoms with E-state index in [9.17, 15) is 5.26 Å². The summed E-state index contributed by atoms with van der Waals surface area (Å²) in [4.78, 5) is 4.31. The Morgan fingerprint density at radius 1 is 1.27 bits per heavy atom. The molecule has 4 nitrogen and oxygen atoms in total. The van der Waals surface area contributed by atoms with E-state index in [0.29, 0.717) is 0 Å². The summed E-state index contributed by atoms with van der Waals surface area (Å²) in [5.41, 5.74) is 0.906. The average Bonchev–Trinajstić information content (AvgIpc) is 3.23. The molecule has 0 bridgehead atoms. The molecule has 116 valence electrons. The van der Waals surface area contributed by atoms with Gasteiger partial charge < -0.3 is 9.31 Å². The molecule has 2 fully saturated rings. The number of nitrogens with zero attached hydrogens (tertiary/aromatic N) is 2. The maximum Gasteiger partial charge on any atom is 0.496 e. The van der Waals surface area contributed by atoms with Crippen molar-refractivity contribution in [2.45, 2.75) is 70.0 Å².